The zero-order valence-electron chi connectivity index (χ0n) is 11.3. The molecule has 114 valence electrons. The Hall–Kier alpha value is -1.60. The van der Waals surface area contributed by atoms with Gasteiger partial charge in [-0.2, -0.15) is 0 Å². The summed E-state index contributed by atoms with van der Waals surface area (Å²) in [5.41, 5.74) is 0. The predicted molar refractivity (Wildman–Crippen MR) is 78.6 cm³/mol. The number of rotatable bonds is 5. The summed E-state index contributed by atoms with van der Waals surface area (Å²) in [5, 5.41) is 8.55. The number of carboxylic acids is 1. The topological polar surface area (TPSA) is 80.0 Å². The van der Waals surface area contributed by atoms with E-state index in [1.807, 2.05) is 0 Å². The average molecular weight is 358 g/mol. The van der Waals surface area contributed by atoms with Crippen molar-refractivity contribution in [1.82, 2.24) is 4.90 Å². The quantitative estimate of drug-likeness (QED) is 0.816. The second-order valence-electron chi connectivity index (χ2n) is 4.70. The number of hydrogen-bond acceptors (Lipinski definition) is 4. The van der Waals surface area contributed by atoms with Crippen molar-refractivity contribution in [2.75, 3.05) is 19.7 Å². The Morgan fingerprint density at radius 1 is 1.43 bits per heavy atom. The zero-order chi connectivity index (χ0) is 15.2. The van der Waals surface area contributed by atoms with Gasteiger partial charge in [0.05, 0.1) is 6.10 Å². The molecule has 1 aliphatic heterocycles. The number of likely N-dealkylation sites (tertiary alicyclic amines) is 1. The summed E-state index contributed by atoms with van der Waals surface area (Å²) in [6.07, 6.45) is 4.32. The van der Waals surface area contributed by atoms with Crippen molar-refractivity contribution in [3.63, 3.8) is 0 Å². The van der Waals surface area contributed by atoms with E-state index in [1.54, 1.807) is 23.1 Å². The van der Waals surface area contributed by atoms with Gasteiger partial charge in [-0.15, -0.1) is 0 Å². The van der Waals surface area contributed by atoms with E-state index in [0.29, 0.717) is 36.4 Å². The Balaban J connectivity index is 1.77. The van der Waals surface area contributed by atoms with Gasteiger partial charge in [0.1, 0.15) is 12.4 Å². The number of piperidine rings is 1. The molecule has 1 amide bonds. The normalized spacial score (nSPS) is 16.5. The van der Waals surface area contributed by atoms with Gasteiger partial charge in [0, 0.05) is 19.2 Å². The number of halogens is 1. The lowest BCUT2D eigenvalue weighted by Crippen LogP contribution is -2.40. The smallest absolute Gasteiger partial charge is 0.329 e. The summed E-state index contributed by atoms with van der Waals surface area (Å²) < 4.78 is 11.1. The molecule has 1 N–H and O–H groups in total. The van der Waals surface area contributed by atoms with Crippen LogP contribution in [-0.2, 0) is 14.3 Å². The van der Waals surface area contributed by atoms with E-state index < -0.39 is 5.97 Å². The highest BCUT2D eigenvalue weighted by Crippen LogP contribution is 2.17. The summed E-state index contributed by atoms with van der Waals surface area (Å²) in [5.74, 6) is -0.449. The molecular formula is C14H16BrNO5. The number of nitrogens with zero attached hydrogens (tertiary/aromatic N) is 1. The first-order valence-corrected chi connectivity index (χ1v) is 7.39. The van der Waals surface area contributed by atoms with Crippen molar-refractivity contribution >= 4 is 33.9 Å². The van der Waals surface area contributed by atoms with Crippen LogP contribution < -0.4 is 0 Å². The van der Waals surface area contributed by atoms with E-state index in [1.165, 1.54) is 6.08 Å². The maximum absolute atomic E-state index is 12.0. The van der Waals surface area contributed by atoms with E-state index in [4.69, 9.17) is 14.3 Å². The molecular weight excluding hydrogens is 342 g/mol. The van der Waals surface area contributed by atoms with E-state index in [2.05, 4.69) is 15.9 Å². The summed E-state index contributed by atoms with van der Waals surface area (Å²) in [6, 6.07) is 3.52. The van der Waals surface area contributed by atoms with Gasteiger partial charge in [-0.25, -0.2) is 4.79 Å². The van der Waals surface area contributed by atoms with Crippen LogP contribution in [0, 0.1) is 0 Å². The molecule has 7 heteroatoms. The number of hydrogen-bond donors (Lipinski definition) is 1. The Morgan fingerprint density at radius 3 is 2.71 bits per heavy atom. The molecule has 1 fully saturated rings. The van der Waals surface area contributed by atoms with Gasteiger partial charge in [-0.05, 0) is 47.0 Å². The lowest BCUT2D eigenvalue weighted by atomic mass is 10.1. The molecule has 0 radical (unpaired) electrons. The van der Waals surface area contributed by atoms with Crippen molar-refractivity contribution < 1.29 is 23.8 Å². The Bertz CT molecular complexity index is 531. The van der Waals surface area contributed by atoms with Gasteiger partial charge < -0.3 is 19.2 Å². The van der Waals surface area contributed by atoms with Crippen molar-refractivity contribution in [1.29, 1.82) is 0 Å². The van der Waals surface area contributed by atoms with Crippen LogP contribution >= 0.6 is 15.9 Å². The van der Waals surface area contributed by atoms with Crippen molar-refractivity contribution in [3.05, 3.63) is 28.6 Å². The Morgan fingerprint density at radius 2 is 2.14 bits per heavy atom. The molecule has 0 aliphatic carbocycles. The highest BCUT2D eigenvalue weighted by Gasteiger charge is 2.22. The van der Waals surface area contributed by atoms with Crippen LogP contribution in [0.1, 0.15) is 18.6 Å². The molecule has 0 unspecified atom stereocenters. The molecule has 0 bridgehead atoms. The minimum Gasteiger partial charge on any atom is -0.480 e. The minimum atomic E-state index is -0.971. The SMILES string of the molecule is O=C(O)COC1CCN(C(=O)C=Cc2ccc(Br)o2)CC1. The van der Waals surface area contributed by atoms with Crippen LogP contribution in [-0.4, -0.2) is 47.7 Å². The van der Waals surface area contributed by atoms with Crippen LogP contribution in [0.15, 0.2) is 27.3 Å². The standard InChI is InChI=1S/C14H16BrNO5/c15-12-3-1-11(21-12)2-4-13(17)16-7-5-10(6-8-16)20-9-14(18)19/h1-4,10H,5-9H2,(H,18,19). The van der Waals surface area contributed by atoms with Gasteiger partial charge in [0.25, 0.3) is 0 Å². The second kappa shape index (κ2) is 7.42. The van der Waals surface area contributed by atoms with E-state index >= 15 is 0 Å². The highest BCUT2D eigenvalue weighted by atomic mass is 79.9. The number of carboxylic acid groups (broad SMARTS) is 1. The van der Waals surface area contributed by atoms with Gasteiger partial charge in [-0.3, -0.25) is 4.79 Å². The fourth-order valence-electron chi connectivity index (χ4n) is 2.11. The molecule has 2 rings (SSSR count). The number of carbonyl (C=O) groups excluding carboxylic acids is 1. The summed E-state index contributed by atoms with van der Waals surface area (Å²) in [4.78, 5) is 24.1. The fraction of sp³-hybridized carbons (Fsp3) is 0.429. The molecule has 0 atom stereocenters. The summed E-state index contributed by atoms with van der Waals surface area (Å²) >= 11 is 3.20. The van der Waals surface area contributed by atoms with Gasteiger partial charge in [0.15, 0.2) is 4.67 Å². The molecule has 1 aromatic heterocycles. The van der Waals surface area contributed by atoms with Gasteiger partial charge >= 0.3 is 5.97 Å². The highest BCUT2D eigenvalue weighted by molar-refractivity contribution is 9.10. The number of carbonyl (C=O) groups is 2. The molecule has 1 aliphatic rings. The first-order chi connectivity index (χ1) is 10.0. The van der Waals surface area contributed by atoms with Gasteiger partial charge in [-0.1, -0.05) is 0 Å². The van der Waals surface area contributed by atoms with Crippen molar-refractivity contribution in [2.24, 2.45) is 0 Å². The maximum Gasteiger partial charge on any atom is 0.329 e. The molecule has 1 saturated heterocycles. The molecule has 2 heterocycles. The lowest BCUT2D eigenvalue weighted by molar-refractivity contribution is -0.146. The van der Waals surface area contributed by atoms with Crippen LogP contribution in [0.25, 0.3) is 6.08 Å². The first-order valence-electron chi connectivity index (χ1n) is 6.60. The monoisotopic (exact) mass is 357 g/mol. The number of furan rings is 1. The third-order valence-electron chi connectivity index (χ3n) is 3.18. The summed E-state index contributed by atoms with van der Waals surface area (Å²) in [7, 11) is 0. The molecule has 1 aromatic rings. The summed E-state index contributed by atoms with van der Waals surface area (Å²) in [6.45, 7) is 0.844. The third-order valence-corrected chi connectivity index (χ3v) is 3.61. The number of aliphatic carboxylic acids is 1. The van der Waals surface area contributed by atoms with Crippen molar-refractivity contribution in [3.8, 4) is 0 Å². The van der Waals surface area contributed by atoms with E-state index in [0.717, 1.165) is 0 Å². The molecule has 6 nitrogen and oxygen atoms in total. The molecule has 21 heavy (non-hydrogen) atoms. The maximum atomic E-state index is 12.0. The van der Waals surface area contributed by atoms with Gasteiger partial charge in [0.2, 0.25) is 5.91 Å². The van der Waals surface area contributed by atoms with Crippen molar-refractivity contribution in [2.45, 2.75) is 18.9 Å². The van der Waals surface area contributed by atoms with Crippen LogP contribution in [0.2, 0.25) is 0 Å². The van der Waals surface area contributed by atoms with Crippen LogP contribution in [0.4, 0.5) is 0 Å². The third kappa shape index (κ3) is 5.02. The van der Waals surface area contributed by atoms with Crippen LogP contribution in [0.3, 0.4) is 0 Å². The molecule has 0 saturated carbocycles. The van der Waals surface area contributed by atoms with Crippen LogP contribution in [0.5, 0.6) is 0 Å². The number of ether oxygens (including phenoxy) is 1. The fourth-order valence-corrected chi connectivity index (χ4v) is 2.43. The first kappa shape index (κ1) is 15.8. The van der Waals surface area contributed by atoms with E-state index in [9.17, 15) is 9.59 Å². The Labute approximate surface area is 130 Å². The molecule has 0 aromatic carbocycles. The molecule has 0 spiro atoms. The second-order valence-corrected chi connectivity index (χ2v) is 5.49. The Kier molecular flexibility index (Phi) is 5.58. The lowest BCUT2D eigenvalue weighted by Gasteiger charge is -2.30. The predicted octanol–water partition coefficient (Wildman–Crippen LogP) is 2.15. The average Bonchev–Trinajstić information content (AvgIpc) is 2.89. The minimum absolute atomic E-state index is 0.0841. The number of amides is 1. The zero-order valence-corrected chi connectivity index (χ0v) is 12.9. The van der Waals surface area contributed by atoms with E-state index in [-0.39, 0.29) is 18.6 Å². The largest absolute Gasteiger partial charge is 0.480 e.